The number of pyridine rings is 1. The molecule has 0 saturated carbocycles. The molecule has 0 aromatic carbocycles. The van der Waals surface area contributed by atoms with Crippen molar-refractivity contribution in [2.24, 2.45) is 0 Å². The summed E-state index contributed by atoms with van der Waals surface area (Å²) >= 11 is 0. The van der Waals surface area contributed by atoms with Gasteiger partial charge in [0.05, 0.1) is 19.9 Å². The van der Waals surface area contributed by atoms with Gasteiger partial charge in [0.15, 0.2) is 5.82 Å². The van der Waals surface area contributed by atoms with Crippen LogP contribution in [0.1, 0.15) is 62.6 Å². The highest BCUT2D eigenvalue weighted by Gasteiger charge is 2.25. The molecule has 1 amide bonds. The van der Waals surface area contributed by atoms with E-state index in [9.17, 15) is 9.90 Å². The van der Waals surface area contributed by atoms with E-state index in [0.29, 0.717) is 42.4 Å². The van der Waals surface area contributed by atoms with E-state index in [-0.39, 0.29) is 24.5 Å². The second-order valence-electron chi connectivity index (χ2n) is 10.7. The summed E-state index contributed by atoms with van der Waals surface area (Å²) in [5.41, 5.74) is 9.22. The number of hydrogen-bond acceptors (Lipinski definition) is 10. The van der Waals surface area contributed by atoms with Gasteiger partial charge in [-0.15, -0.1) is 0 Å². The minimum atomic E-state index is 0.0532. The molecule has 12 heteroatoms. The lowest BCUT2D eigenvalue weighted by Crippen LogP contribution is -2.39. The Kier molecular flexibility index (Phi) is 10.1. The van der Waals surface area contributed by atoms with E-state index in [4.69, 9.17) is 15.5 Å². The van der Waals surface area contributed by atoms with Crippen LogP contribution in [0.25, 0.3) is 11.0 Å². The van der Waals surface area contributed by atoms with Gasteiger partial charge in [-0.3, -0.25) is 14.5 Å². The Balaban J connectivity index is 1.50. The number of aliphatic hydroxyl groups is 1. The number of nitrogen functional groups attached to an aromatic ring is 1. The highest BCUT2D eigenvalue weighted by atomic mass is 16.5. The number of likely N-dealkylation sites (tertiary alicyclic amines) is 1. The fourth-order valence-electron chi connectivity index (χ4n) is 5.31. The Morgan fingerprint density at radius 1 is 1.25 bits per heavy atom. The van der Waals surface area contributed by atoms with Crippen LogP contribution < -0.4 is 15.8 Å². The lowest BCUT2D eigenvalue weighted by atomic mass is 9.90. The molecule has 4 heterocycles. The molecular formula is C28H43N9O3. The van der Waals surface area contributed by atoms with Gasteiger partial charge in [-0.05, 0) is 57.3 Å². The van der Waals surface area contributed by atoms with Crippen molar-refractivity contribution in [1.82, 2.24) is 34.5 Å². The number of ether oxygens (including phenoxy) is 1. The molecule has 1 fully saturated rings. The van der Waals surface area contributed by atoms with Crippen LogP contribution in [0.2, 0.25) is 0 Å². The van der Waals surface area contributed by atoms with Crippen molar-refractivity contribution in [3.63, 3.8) is 0 Å². The van der Waals surface area contributed by atoms with E-state index < -0.39 is 0 Å². The summed E-state index contributed by atoms with van der Waals surface area (Å²) in [6.07, 6.45) is 8.43. The third-order valence-corrected chi connectivity index (χ3v) is 7.52. The third kappa shape index (κ3) is 7.16. The van der Waals surface area contributed by atoms with Crippen LogP contribution >= 0.6 is 0 Å². The van der Waals surface area contributed by atoms with Gasteiger partial charge in [-0.2, -0.15) is 10.1 Å². The number of piperidine rings is 1. The van der Waals surface area contributed by atoms with Crippen LogP contribution in [-0.2, 0) is 11.3 Å². The summed E-state index contributed by atoms with van der Waals surface area (Å²) < 4.78 is 7.57. The van der Waals surface area contributed by atoms with Crippen molar-refractivity contribution in [2.45, 2.75) is 64.0 Å². The van der Waals surface area contributed by atoms with Gasteiger partial charge in [0.1, 0.15) is 22.5 Å². The zero-order chi connectivity index (χ0) is 28.6. The predicted octanol–water partition coefficient (Wildman–Crippen LogP) is 2.48. The molecule has 0 radical (unpaired) electrons. The number of hydrogen-bond donors (Lipinski definition) is 3. The molecule has 0 aliphatic carbocycles. The number of nitrogens with one attached hydrogen (secondary N) is 1. The number of anilines is 2. The van der Waals surface area contributed by atoms with Crippen molar-refractivity contribution in [2.75, 3.05) is 58.5 Å². The Morgan fingerprint density at radius 2 is 2.02 bits per heavy atom. The Hall–Kier alpha value is -3.51. The van der Waals surface area contributed by atoms with Crippen LogP contribution in [0, 0.1) is 0 Å². The number of methoxy groups -OCH3 is 1. The van der Waals surface area contributed by atoms with E-state index in [1.807, 2.05) is 30.1 Å². The number of aliphatic hydroxyl groups excluding tert-OH is 1. The zero-order valence-electron chi connectivity index (χ0n) is 24.1. The largest absolute Gasteiger partial charge is 0.495 e. The smallest absolute Gasteiger partial charge is 0.223 e. The second kappa shape index (κ2) is 13.7. The van der Waals surface area contributed by atoms with Crippen LogP contribution in [0.3, 0.4) is 0 Å². The summed E-state index contributed by atoms with van der Waals surface area (Å²) in [6, 6.07) is 2.12. The SMILES string of the molecule is CCCC(CCO)Nc1nc(N)nc2cnn(Cc3ncc(C4CCN(C(=O)CCN(C)C)CC4)cc3OC)c12. The van der Waals surface area contributed by atoms with Crippen molar-refractivity contribution in [3.8, 4) is 5.75 Å². The van der Waals surface area contributed by atoms with E-state index in [2.05, 4.69) is 33.4 Å². The molecule has 40 heavy (non-hydrogen) atoms. The molecular weight excluding hydrogens is 510 g/mol. The lowest BCUT2D eigenvalue weighted by Gasteiger charge is -2.32. The Bertz CT molecular complexity index is 1270. The molecule has 218 valence electrons. The fraction of sp³-hybridized carbons (Fsp3) is 0.607. The number of nitrogens with two attached hydrogens (primary N) is 1. The van der Waals surface area contributed by atoms with Crippen molar-refractivity contribution >= 4 is 28.7 Å². The van der Waals surface area contributed by atoms with Crippen LogP contribution in [0.4, 0.5) is 11.8 Å². The molecule has 1 saturated heterocycles. The Labute approximate surface area is 235 Å². The maximum atomic E-state index is 12.5. The molecule has 3 aromatic heterocycles. The number of amides is 1. The Morgan fingerprint density at radius 3 is 2.70 bits per heavy atom. The number of carbonyl (C=O) groups is 1. The summed E-state index contributed by atoms with van der Waals surface area (Å²) in [5.74, 6) is 2.00. The molecule has 1 aliphatic rings. The standard InChI is InChI=1S/C28H43N9O3/c1-5-6-21(10-14-38)32-27-26-22(33-28(29)34-27)17-31-37(26)18-23-24(40-4)15-20(16-30-23)19-7-12-36(13-8-19)25(39)9-11-35(2)3/h15-17,19,21,38H,5-14,18H2,1-4H3,(H3,29,32,33,34). The van der Waals surface area contributed by atoms with E-state index in [1.54, 1.807) is 18.0 Å². The number of fused-ring (bicyclic) bond motifs is 1. The minimum Gasteiger partial charge on any atom is -0.495 e. The highest BCUT2D eigenvalue weighted by molar-refractivity contribution is 5.86. The average molecular weight is 554 g/mol. The van der Waals surface area contributed by atoms with Gasteiger partial charge in [0.25, 0.3) is 0 Å². The zero-order valence-corrected chi connectivity index (χ0v) is 24.1. The van der Waals surface area contributed by atoms with Crippen molar-refractivity contribution in [1.29, 1.82) is 0 Å². The first-order valence-corrected chi connectivity index (χ1v) is 14.1. The average Bonchev–Trinajstić information content (AvgIpc) is 3.34. The predicted molar refractivity (Wildman–Crippen MR) is 155 cm³/mol. The lowest BCUT2D eigenvalue weighted by molar-refractivity contribution is -0.132. The maximum absolute atomic E-state index is 12.5. The number of carbonyl (C=O) groups excluding carboxylic acids is 1. The first-order valence-electron chi connectivity index (χ1n) is 14.1. The van der Waals surface area contributed by atoms with Crippen LogP contribution in [0.5, 0.6) is 5.75 Å². The maximum Gasteiger partial charge on any atom is 0.223 e. The molecule has 3 aromatic rings. The van der Waals surface area contributed by atoms with Crippen molar-refractivity contribution < 1.29 is 14.6 Å². The van der Waals surface area contributed by atoms with E-state index in [0.717, 1.165) is 62.1 Å². The molecule has 1 aliphatic heterocycles. The van der Waals surface area contributed by atoms with Gasteiger partial charge in [0, 0.05) is 44.9 Å². The number of rotatable bonds is 13. The minimum absolute atomic E-state index is 0.0532. The first-order chi connectivity index (χ1) is 19.3. The van der Waals surface area contributed by atoms with Gasteiger partial charge >= 0.3 is 0 Å². The van der Waals surface area contributed by atoms with Gasteiger partial charge in [-0.25, -0.2) is 4.98 Å². The van der Waals surface area contributed by atoms with Gasteiger partial charge < -0.3 is 30.7 Å². The molecule has 4 N–H and O–H groups in total. The third-order valence-electron chi connectivity index (χ3n) is 7.52. The molecule has 12 nitrogen and oxygen atoms in total. The molecule has 0 spiro atoms. The molecule has 4 rings (SSSR count). The van der Waals surface area contributed by atoms with Crippen LogP contribution in [-0.4, -0.2) is 99.0 Å². The van der Waals surface area contributed by atoms with Crippen molar-refractivity contribution in [3.05, 3.63) is 29.7 Å². The van der Waals surface area contributed by atoms with Gasteiger partial charge in [0.2, 0.25) is 11.9 Å². The highest BCUT2D eigenvalue weighted by Crippen LogP contribution is 2.32. The topological polar surface area (TPSA) is 148 Å². The molecule has 1 atom stereocenters. The molecule has 1 unspecified atom stereocenters. The molecule has 0 bridgehead atoms. The number of nitrogens with zero attached hydrogens (tertiary/aromatic N) is 7. The fourth-order valence-corrected chi connectivity index (χ4v) is 5.31. The number of aromatic nitrogens is 5. The van der Waals surface area contributed by atoms with Gasteiger partial charge in [-0.1, -0.05) is 13.3 Å². The normalized spacial score (nSPS) is 15.1. The quantitative estimate of drug-likeness (QED) is 0.288. The summed E-state index contributed by atoms with van der Waals surface area (Å²) in [6.45, 7) is 4.85. The second-order valence-corrected chi connectivity index (χ2v) is 10.7. The first kappa shape index (κ1) is 29.5. The van der Waals surface area contributed by atoms with Crippen LogP contribution in [0.15, 0.2) is 18.5 Å². The van der Waals surface area contributed by atoms with E-state index >= 15 is 0 Å². The summed E-state index contributed by atoms with van der Waals surface area (Å²) in [5, 5.41) is 17.5. The monoisotopic (exact) mass is 553 g/mol. The van der Waals surface area contributed by atoms with E-state index in [1.165, 1.54) is 0 Å². The summed E-state index contributed by atoms with van der Waals surface area (Å²) in [7, 11) is 5.62. The summed E-state index contributed by atoms with van der Waals surface area (Å²) in [4.78, 5) is 30.2.